The van der Waals surface area contributed by atoms with E-state index in [9.17, 15) is 36.1 Å². The van der Waals surface area contributed by atoms with Crippen LogP contribution >= 0.6 is 11.8 Å². The first-order valence-corrected chi connectivity index (χ1v) is 17.7. The maximum Gasteiger partial charge on any atom is 0.288 e. The molecule has 260 valence electrons. The van der Waals surface area contributed by atoms with E-state index in [0.717, 1.165) is 41.4 Å². The summed E-state index contributed by atoms with van der Waals surface area (Å²) in [5, 5.41) is 19.6. The van der Waals surface area contributed by atoms with Gasteiger partial charge in [-0.3, -0.25) is 10.1 Å². The minimum atomic E-state index is -4.29. The molecule has 0 aliphatic carbocycles. The lowest BCUT2D eigenvalue weighted by Crippen LogP contribution is -2.21. The lowest BCUT2D eigenvalue weighted by atomic mass is 10.1. The zero-order valence-corrected chi connectivity index (χ0v) is 28.0. The Morgan fingerprint density at radius 2 is 1.35 bits per heavy atom. The first kappa shape index (κ1) is 38.6. The molecule has 1 unspecified atom stereocenters. The Kier molecular flexibility index (Phi) is 12.5. The smallest absolute Gasteiger partial charge is 0.288 e. The molecule has 0 saturated heterocycles. The van der Waals surface area contributed by atoms with Gasteiger partial charge in [-0.2, -0.15) is 8.42 Å². The predicted octanol–water partition coefficient (Wildman–Crippen LogP) is 8.42. The number of halogens is 4. The summed E-state index contributed by atoms with van der Waals surface area (Å²) in [7, 11) is -5.84. The van der Waals surface area contributed by atoms with E-state index in [0.29, 0.717) is 6.42 Å². The van der Waals surface area contributed by atoms with Crippen LogP contribution in [-0.2, 0) is 41.9 Å². The summed E-state index contributed by atoms with van der Waals surface area (Å²) >= 11 is 1.31. The van der Waals surface area contributed by atoms with Crippen molar-refractivity contribution in [3.63, 3.8) is 0 Å². The third kappa shape index (κ3) is 10.1. The second-order valence-electron chi connectivity index (χ2n) is 11.5. The topological polar surface area (TPSA) is 133 Å². The number of hydrogen-bond acceptors (Lipinski definition) is 9. The molecule has 3 aromatic carbocycles. The number of nitro benzene ring substituents is 1. The van der Waals surface area contributed by atoms with Gasteiger partial charge in [0.15, 0.2) is 0 Å². The van der Waals surface area contributed by atoms with Crippen molar-refractivity contribution in [3.8, 4) is 0 Å². The average molecular weight is 731 g/mol. The number of sulfonamides is 1. The van der Waals surface area contributed by atoms with Gasteiger partial charge in [-0.15, -0.1) is 15.5 Å². The van der Waals surface area contributed by atoms with Crippen molar-refractivity contribution in [3.05, 3.63) is 105 Å². The average Bonchev–Trinajstić information content (AvgIpc) is 3.54. The van der Waals surface area contributed by atoms with Crippen molar-refractivity contribution >= 4 is 48.3 Å². The molecule has 1 atom stereocenters. The molecular weight excluding hydrogens is 697 g/mol. The van der Waals surface area contributed by atoms with E-state index < -0.39 is 54.5 Å². The van der Waals surface area contributed by atoms with E-state index in [-0.39, 0.29) is 57.7 Å². The second-order valence-corrected chi connectivity index (χ2v) is 16.1. The van der Waals surface area contributed by atoms with E-state index in [2.05, 4.69) is 14.1 Å². The number of oxime groups is 2. The summed E-state index contributed by atoms with van der Waals surface area (Å²) < 4.78 is 84.5. The molecular formula is C31H34F4N4O6S3. The Balaban J connectivity index is 0.000000295. The zero-order chi connectivity index (χ0) is 34.6. The first-order chi connectivity index (χ1) is 22.0. The van der Waals surface area contributed by atoms with Crippen molar-refractivity contribution in [1.29, 1.82) is 0 Å². The largest absolute Gasteiger partial charge is 0.389 e. The molecule has 0 aromatic heterocycles. The maximum atomic E-state index is 14.2. The van der Waals surface area contributed by atoms with Crippen LogP contribution in [0, 0.1) is 33.4 Å². The highest BCUT2D eigenvalue weighted by atomic mass is 32.3. The van der Waals surface area contributed by atoms with Crippen molar-refractivity contribution in [2.75, 3.05) is 0 Å². The van der Waals surface area contributed by atoms with E-state index in [4.69, 9.17) is 9.68 Å². The van der Waals surface area contributed by atoms with Gasteiger partial charge in [0.1, 0.15) is 44.6 Å². The molecule has 17 heteroatoms. The Morgan fingerprint density at radius 1 is 0.854 bits per heavy atom. The van der Waals surface area contributed by atoms with Gasteiger partial charge in [0.2, 0.25) is 0 Å². The number of benzene rings is 3. The lowest BCUT2D eigenvalue weighted by Gasteiger charge is -2.14. The summed E-state index contributed by atoms with van der Waals surface area (Å²) in [4.78, 5) is 20.3. The minimum Gasteiger partial charge on any atom is -0.389 e. The zero-order valence-electron chi connectivity index (χ0n) is 25.6. The van der Waals surface area contributed by atoms with Crippen molar-refractivity contribution in [1.82, 2.24) is 0 Å². The Morgan fingerprint density at radius 3 is 1.81 bits per heavy atom. The quantitative estimate of drug-likeness (QED) is 0.135. The minimum absolute atomic E-state index is 0. The van der Waals surface area contributed by atoms with Crippen LogP contribution in [0.1, 0.15) is 59.1 Å². The number of hydrogen-bond donors (Lipinski definition) is 0. The van der Waals surface area contributed by atoms with Gasteiger partial charge in [-0.1, -0.05) is 29.9 Å². The monoisotopic (exact) mass is 730 g/mol. The van der Waals surface area contributed by atoms with Gasteiger partial charge in [-0.05, 0) is 74.8 Å². The molecule has 0 fully saturated rings. The van der Waals surface area contributed by atoms with Crippen LogP contribution in [0.2, 0.25) is 0 Å². The molecule has 0 saturated carbocycles. The fourth-order valence-electron chi connectivity index (χ4n) is 4.10. The van der Waals surface area contributed by atoms with Crippen molar-refractivity contribution in [2.45, 2.75) is 75.6 Å². The van der Waals surface area contributed by atoms with Crippen molar-refractivity contribution < 1.29 is 40.6 Å². The van der Waals surface area contributed by atoms with Gasteiger partial charge >= 0.3 is 0 Å². The fraction of sp³-hybridized carbons (Fsp3) is 0.355. The van der Waals surface area contributed by atoms with Crippen LogP contribution in [0.15, 0.2) is 79.6 Å². The number of nitrogens with zero attached hydrogens (tertiary/aromatic N) is 4. The van der Waals surface area contributed by atoms with E-state index >= 15 is 0 Å². The van der Waals surface area contributed by atoms with Gasteiger partial charge in [0.05, 0.1) is 9.82 Å². The van der Waals surface area contributed by atoms with Crippen LogP contribution in [0.25, 0.3) is 0 Å². The maximum absolute atomic E-state index is 14.2. The van der Waals surface area contributed by atoms with Gasteiger partial charge in [-0.25, -0.2) is 17.6 Å². The van der Waals surface area contributed by atoms with Crippen LogP contribution in [0.3, 0.4) is 0 Å². The Labute approximate surface area is 282 Å². The van der Waals surface area contributed by atoms with E-state index in [1.54, 1.807) is 13.8 Å². The molecule has 0 spiro atoms. The summed E-state index contributed by atoms with van der Waals surface area (Å²) in [6, 6.07) is 11.4. The van der Waals surface area contributed by atoms with Crippen LogP contribution in [0.4, 0.5) is 23.2 Å². The summed E-state index contributed by atoms with van der Waals surface area (Å²) in [6.45, 7) is 7.32. The highest BCUT2D eigenvalue weighted by Crippen LogP contribution is 2.31. The number of rotatable bonds is 7. The van der Waals surface area contributed by atoms with Crippen LogP contribution in [0.5, 0.6) is 0 Å². The molecule has 0 bridgehead atoms. The third-order valence-corrected chi connectivity index (χ3v) is 11.2. The highest BCUT2D eigenvalue weighted by Gasteiger charge is 2.33. The molecule has 3 aromatic rings. The standard InChI is InChI=1S/C18H17F2N3O5S2.C12H13F2NOS.CH4/c1-18(2)10-17(21-28-18)29(11-14-15(19)4-3-5-16(14)20)22-30(26,27)13-8-6-12(7-9-13)23(24)25;1-12(2)6-11(15-16-12)17-7-8-9(13)4-3-5-10(8)14;/h3-9H,10-11H2,1-2H3;3-5H,6-7H2,1-2H3;1H4. The lowest BCUT2D eigenvalue weighted by molar-refractivity contribution is -0.384. The summed E-state index contributed by atoms with van der Waals surface area (Å²) in [5.41, 5.74) is -1.52. The van der Waals surface area contributed by atoms with Crippen LogP contribution in [-0.4, -0.2) is 34.6 Å². The van der Waals surface area contributed by atoms with E-state index in [1.807, 2.05) is 13.8 Å². The third-order valence-electron chi connectivity index (χ3n) is 6.54. The van der Waals surface area contributed by atoms with Gasteiger partial charge in [0.25, 0.3) is 15.7 Å². The Bertz CT molecular complexity index is 1830. The first-order valence-electron chi connectivity index (χ1n) is 13.9. The summed E-state index contributed by atoms with van der Waals surface area (Å²) in [5.74, 6) is -2.81. The number of nitro groups is 1. The van der Waals surface area contributed by atoms with Crippen LogP contribution < -0.4 is 0 Å². The number of non-ortho nitro benzene ring substituents is 1. The van der Waals surface area contributed by atoms with Crippen molar-refractivity contribution in [2.24, 2.45) is 14.1 Å². The molecule has 0 radical (unpaired) electrons. The highest BCUT2D eigenvalue weighted by molar-refractivity contribution is 8.13. The van der Waals surface area contributed by atoms with Gasteiger partial charge < -0.3 is 9.68 Å². The fourth-order valence-corrected chi connectivity index (χ4v) is 8.90. The summed E-state index contributed by atoms with van der Waals surface area (Å²) in [6.07, 6.45) is 0.902. The molecule has 0 amide bonds. The normalized spacial score (nSPS) is 16.8. The molecule has 5 rings (SSSR count). The molecule has 2 aliphatic heterocycles. The second kappa shape index (κ2) is 15.6. The predicted molar refractivity (Wildman–Crippen MR) is 179 cm³/mol. The molecule has 2 aliphatic rings. The van der Waals surface area contributed by atoms with E-state index in [1.165, 1.54) is 36.0 Å². The van der Waals surface area contributed by atoms with Gasteiger partial charge in [0, 0.05) is 47.6 Å². The molecule has 10 nitrogen and oxygen atoms in total. The molecule has 2 heterocycles. The SMILES string of the molecule is C.CC1(C)CC(S(Cc2c(F)cccc2F)=NS(=O)(=O)c2ccc([N+](=O)[O-])cc2)=NO1.CC1(C)CC(SCc2c(F)cccc2F)=NO1. The number of thioether (sulfide) groups is 1. The molecule has 0 N–H and O–H groups in total. The molecule has 48 heavy (non-hydrogen) atoms. The Hall–Kier alpha value is -3.83.